The van der Waals surface area contributed by atoms with Gasteiger partial charge in [0.25, 0.3) is 0 Å². The highest BCUT2D eigenvalue weighted by atomic mass is 14.8. The van der Waals surface area contributed by atoms with Crippen molar-refractivity contribution in [3.05, 3.63) is 23.5 Å². The summed E-state index contributed by atoms with van der Waals surface area (Å²) in [5.74, 6) is 0. The number of likely N-dealkylation sites (N-methyl/N-ethyl adjacent to an activating group) is 1. The summed E-state index contributed by atoms with van der Waals surface area (Å²) < 4.78 is 0. The predicted octanol–water partition coefficient (Wildman–Crippen LogP) is 2.10. The summed E-state index contributed by atoms with van der Waals surface area (Å²) in [5.41, 5.74) is 3.03. The van der Waals surface area contributed by atoms with Gasteiger partial charge in [-0.25, -0.2) is 0 Å². The number of aliphatic imine (C=N–C) groups is 1. The van der Waals surface area contributed by atoms with Gasteiger partial charge >= 0.3 is 0 Å². The molecule has 2 heteroatoms. The van der Waals surface area contributed by atoms with Gasteiger partial charge in [0.2, 0.25) is 0 Å². The first-order chi connectivity index (χ1) is 5.13. The van der Waals surface area contributed by atoms with Gasteiger partial charge in [-0.15, -0.1) is 0 Å². The first-order valence-electron chi connectivity index (χ1n) is 3.66. The molecule has 0 aromatic heterocycles. The van der Waals surface area contributed by atoms with Crippen molar-refractivity contribution in [1.82, 2.24) is 5.32 Å². The van der Waals surface area contributed by atoms with E-state index in [1.165, 1.54) is 0 Å². The molecule has 0 aliphatic heterocycles. The molecule has 11 heavy (non-hydrogen) atoms. The van der Waals surface area contributed by atoms with E-state index < -0.39 is 0 Å². The fourth-order valence-corrected chi connectivity index (χ4v) is 0.696. The summed E-state index contributed by atoms with van der Waals surface area (Å²) in [6.07, 6.45) is 1.78. The molecule has 0 heterocycles. The van der Waals surface area contributed by atoms with Crippen LogP contribution in [0.1, 0.15) is 20.8 Å². The average molecular weight is 152 g/mol. The van der Waals surface area contributed by atoms with Crippen molar-refractivity contribution in [1.29, 1.82) is 0 Å². The van der Waals surface area contributed by atoms with Crippen LogP contribution in [0.2, 0.25) is 0 Å². The molecule has 2 nitrogen and oxygen atoms in total. The zero-order valence-electron chi connectivity index (χ0n) is 7.73. The fraction of sp³-hybridized carbons (Fsp3) is 0.444. The maximum Gasteiger partial charge on any atom is 0.0418 e. The van der Waals surface area contributed by atoms with Gasteiger partial charge in [0.15, 0.2) is 0 Å². The highest BCUT2D eigenvalue weighted by Gasteiger charge is 1.96. The predicted molar refractivity (Wildman–Crippen MR) is 50.7 cm³/mol. The molecule has 1 N–H and O–H groups in total. The molecule has 0 unspecified atom stereocenters. The Morgan fingerprint density at radius 3 is 2.36 bits per heavy atom. The molecule has 0 amide bonds. The minimum absolute atomic E-state index is 0.924. The van der Waals surface area contributed by atoms with Gasteiger partial charge in [0.1, 0.15) is 0 Å². The van der Waals surface area contributed by atoms with Crippen molar-refractivity contribution in [2.24, 2.45) is 4.99 Å². The standard InChI is InChI=1S/C9H16N2/c1-6-11-9(4)7(2)8(3)10-5/h6,10H,3H2,1-2,4-5H3/b9-7-,11-6?. The molecule has 0 aromatic rings. The normalized spacial score (nSPS) is 13.1. The minimum Gasteiger partial charge on any atom is -0.388 e. The van der Waals surface area contributed by atoms with Crippen molar-refractivity contribution in [2.45, 2.75) is 20.8 Å². The Hall–Kier alpha value is -1.05. The van der Waals surface area contributed by atoms with Crippen molar-refractivity contribution in [3.63, 3.8) is 0 Å². The van der Waals surface area contributed by atoms with E-state index in [0.717, 1.165) is 17.0 Å². The van der Waals surface area contributed by atoms with Gasteiger partial charge in [0.05, 0.1) is 0 Å². The Morgan fingerprint density at radius 1 is 1.45 bits per heavy atom. The van der Waals surface area contributed by atoms with Gasteiger partial charge in [-0.05, 0) is 26.3 Å². The molecule has 0 saturated heterocycles. The molecule has 0 aliphatic carbocycles. The van der Waals surface area contributed by atoms with Crippen molar-refractivity contribution >= 4 is 6.21 Å². The van der Waals surface area contributed by atoms with Crippen molar-refractivity contribution in [2.75, 3.05) is 7.05 Å². The summed E-state index contributed by atoms with van der Waals surface area (Å²) >= 11 is 0. The quantitative estimate of drug-likeness (QED) is 0.486. The highest BCUT2D eigenvalue weighted by Crippen LogP contribution is 2.09. The van der Waals surface area contributed by atoms with Gasteiger partial charge < -0.3 is 5.32 Å². The van der Waals surface area contributed by atoms with E-state index in [4.69, 9.17) is 0 Å². The third-order valence-corrected chi connectivity index (χ3v) is 1.62. The van der Waals surface area contributed by atoms with E-state index >= 15 is 0 Å². The van der Waals surface area contributed by atoms with E-state index in [-0.39, 0.29) is 0 Å². The Labute approximate surface area is 68.7 Å². The van der Waals surface area contributed by atoms with Crippen LogP contribution < -0.4 is 5.32 Å². The second-order valence-corrected chi connectivity index (χ2v) is 2.33. The van der Waals surface area contributed by atoms with Crippen LogP contribution in [0.4, 0.5) is 0 Å². The van der Waals surface area contributed by atoms with E-state index in [2.05, 4.69) is 16.9 Å². The Kier molecular flexibility index (Phi) is 4.27. The third kappa shape index (κ3) is 3.03. The SMILES string of the molecule is C=C(NC)/C(C)=C(/C)N=CC. The number of hydrogen-bond donors (Lipinski definition) is 1. The summed E-state index contributed by atoms with van der Waals surface area (Å²) in [4.78, 5) is 4.15. The molecule has 0 spiro atoms. The van der Waals surface area contributed by atoms with Crippen LogP contribution in [0.5, 0.6) is 0 Å². The first kappa shape index (κ1) is 9.95. The number of allylic oxidation sites excluding steroid dienone is 2. The molecule has 62 valence electrons. The van der Waals surface area contributed by atoms with Crippen LogP contribution in [0.15, 0.2) is 28.5 Å². The van der Waals surface area contributed by atoms with E-state index in [1.807, 2.05) is 27.8 Å². The van der Waals surface area contributed by atoms with E-state index in [1.54, 1.807) is 6.21 Å². The lowest BCUT2D eigenvalue weighted by molar-refractivity contribution is 0.989. The average Bonchev–Trinajstić information content (AvgIpc) is 2.02. The molecule has 0 radical (unpaired) electrons. The topological polar surface area (TPSA) is 24.4 Å². The molecule has 0 fully saturated rings. The molecule has 0 saturated carbocycles. The lowest BCUT2D eigenvalue weighted by atomic mass is 10.2. The smallest absolute Gasteiger partial charge is 0.0418 e. The summed E-state index contributed by atoms with van der Waals surface area (Å²) in [7, 11) is 1.86. The van der Waals surface area contributed by atoms with Crippen LogP contribution in [-0.4, -0.2) is 13.3 Å². The zero-order valence-corrected chi connectivity index (χ0v) is 7.73. The van der Waals surface area contributed by atoms with Crippen molar-refractivity contribution < 1.29 is 0 Å². The lowest BCUT2D eigenvalue weighted by Gasteiger charge is -2.05. The Balaban J connectivity index is 4.51. The maximum atomic E-state index is 4.15. The molecular formula is C9H16N2. The van der Waals surface area contributed by atoms with Gasteiger partial charge in [0, 0.05) is 24.7 Å². The van der Waals surface area contributed by atoms with Gasteiger partial charge in [-0.3, -0.25) is 4.99 Å². The fourth-order valence-electron chi connectivity index (χ4n) is 0.696. The second kappa shape index (κ2) is 4.72. The molecule has 0 atom stereocenters. The molecule has 0 aliphatic rings. The largest absolute Gasteiger partial charge is 0.388 e. The molecular weight excluding hydrogens is 136 g/mol. The molecule has 0 bridgehead atoms. The Morgan fingerprint density at radius 2 is 2.00 bits per heavy atom. The van der Waals surface area contributed by atoms with Crippen LogP contribution in [0, 0.1) is 0 Å². The van der Waals surface area contributed by atoms with Gasteiger partial charge in [-0.1, -0.05) is 6.58 Å². The molecule has 0 aromatic carbocycles. The third-order valence-electron chi connectivity index (χ3n) is 1.62. The van der Waals surface area contributed by atoms with Crippen LogP contribution in [-0.2, 0) is 0 Å². The van der Waals surface area contributed by atoms with Crippen molar-refractivity contribution in [3.8, 4) is 0 Å². The van der Waals surface area contributed by atoms with Crippen LogP contribution >= 0.6 is 0 Å². The monoisotopic (exact) mass is 152 g/mol. The first-order valence-corrected chi connectivity index (χ1v) is 3.66. The lowest BCUT2D eigenvalue weighted by Crippen LogP contribution is -2.05. The number of nitrogens with zero attached hydrogens (tertiary/aromatic N) is 1. The van der Waals surface area contributed by atoms with Crippen LogP contribution in [0.3, 0.4) is 0 Å². The highest BCUT2D eigenvalue weighted by molar-refractivity contribution is 5.55. The van der Waals surface area contributed by atoms with E-state index in [9.17, 15) is 0 Å². The number of rotatable bonds is 3. The number of nitrogens with one attached hydrogen (secondary N) is 1. The summed E-state index contributed by atoms with van der Waals surface area (Å²) in [5, 5.41) is 2.98. The Bertz CT molecular complexity index is 200. The summed E-state index contributed by atoms with van der Waals surface area (Å²) in [6, 6.07) is 0. The molecule has 0 rings (SSSR count). The second-order valence-electron chi connectivity index (χ2n) is 2.33. The van der Waals surface area contributed by atoms with Gasteiger partial charge in [-0.2, -0.15) is 0 Å². The maximum absolute atomic E-state index is 4.15. The summed E-state index contributed by atoms with van der Waals surface area (Å²) in [6.45, 7) is 9.71. The van der Waals surface area contributed by atoms with Crippen LogP contribution in [0.25, 0.3) is 0 Å². The minimum atomic E-state index is 0.924. The number of hydrogen-bond acceptors (Lipinski definition) is 2. The van der Waals surface area contributed by atoms with E-state index in [0.29, 0.717) is 0 Å². The zero-order chi connectivity index (χ0) is 8.85.